The Bertz CT molecular complexity index is 2300. The van der Waals surface area contributed by atoms with Crippen LogP contribution in [0.4, 0.5) is 0 Å². The quantitative estimate of drug-likeness (QED) is 0.227. The predicted octanol–water partition coefficient (Wildman–Crippen LogP) is 10.3. The molecule has 0 aliphatic heterocycles. The Kier molecular flexibility index (Phi) is 4.64. The highest BCUT2D eigenvalue weighted by Crippen LogP contribution is 2.48. The van der Waals surface area contributed by atoms with E-state index in [0.29, 0.717) is 0 Å². The molecule has 0 saturated heterocycles. The van der Waals surface area contributed by atoms with Gasteiger partial charge in [0, 0.05) is 27.6 Å². The van der Waals surface area contributed by atoms with Crippen molar-refractivity contribution in [2.45, 2.75) is 0 Å². The van der Waals surface area contributed by atoms with Crippen molar-refractivity contribution < 1.29 is 0 Å². The number of nitrogens with zero attached hydrogens (tertiary/aromatic N) is 2. The van der Waals surface area contributed by atoms with Gasteiger partial charge in [0.2, 0.25) is 0 Å². The summed E-state index contributed by atoms with van der Waals surface area (Å²) in [6, 6.07) is 52.3. The van der Waals surface area contributed by atoms with E-state index in [4.69, 9.17) is 4.98 Å². The maximum absolute atomic E-state index is 5.19. The van der Waals surface area contributed by atoms with Crippen molar-refractivity contribution >= 4 is 32.6 Å². The number of benzene rings is 6. The second kappa shape index (κ2) is 8.51. The Labute approximate surface area is 237 Å². The van der Waals surface area contributed by atoms with E-state index in [1.807, 2.05) is 0 Å². The summed E-state index contributed by atoms with van der Waals surface area (Å²) >= 11 is 0. The third-order valence-corrected chi connectivity index (χ3v) is 8.53. The minimum atomic E-state index is 0.972. The summed E-state index contributed by atoms with van der Waals surface area (Å²) in [6.45, 7) is 0. The number of aromatic nitrogens is 2. The van der Waals surface area contributed by atoms with E-state index >= 15 is 0 Å². The highest BCUT2D eigenvalue weighted by molar-refractivity contribution is 6.15. The van der Waals surface area contributed by atoms with Crippen molar-refractivity contribution in [1.29, 1.82) is 0 Å². The van der Waals surface area contributed by atoms with Crippen molar-refractivity contribution in [1.82, 2.24) is 9.55 Å². The largest absolute Gasteiger partial charge is 0.309 e. The van der Waals surface area contributed by atoms with Crippen LogP contribution in [-0.2, 0) is 0 Å². The zero-order valence-electron chi connectivity index (χ0n) is 22.3. The summed E-state index contributed by atoms with van der Waals surface area (Å²) in [5.74, 6) is 0. The highest BCUT2D eigenvalue weighted by Gasteiger charge is 2.21. The number of hydrogen-bond donors (Lipinski definition) is 0. The van der Waals surface area contributed by atoms with Gasteiger partial charge in [-0.15, -0.1) is 0 Å². The molecule has 0 unspecified atom stereocenters. The third kappa shape index (κ3) is 3.28. The van der Waals surface area contributed by atoms with Crippen LogP contribution in [0.15, 0.2) is 146 Å². The molecular weight excluding hydrogens is 496 g/mol. The van der Waals surface area contributed by atoms with Gasteiger partial charge in [0.25, 0.3) is 0 Å². The second-order valence-electron chi connectivity index (χ2n) is 10.8. The normalized spacial score (nSPS) is 11.9. The average molecular weight is 521 g/mol. The monoisotopic (exact) mass is 520 g/mol. The van der Waals surface area contributed by atoms with Gasteiger partial charge in [-0.25, -0.2) is 4.98 Å². The summed E-state index contributed by atoms with van der Waals surface area (Å²) in [7, 11) is 0. The summed E-state index contributed by atoms with van der Waals surface area (Å²) in [6.07, 6.45) is 0. The summed E-state index contributed by atoms with van der Waals surface area (Å²) in [5.41, 5.74) is 13.0. The van der Waals surface area contributed by atoms with Crippen LogP contribution in [0.25, 0.3) is 83.0 Å². The molecule has 2 heterocycles. The lowest BCUT2D eigenvalue weighted by Gasteiger charge is -2.10. The van der Waals surface area contributed by atoms with Gasteiger partial charge < -0.3 is 4.57 Å². The highest BCUT2D eigenvalue weighted by atomic mass is 15.0. The minimum absolute atomic E-state index is 0.972. The van der Waals surface area contributed by atoms with E-state index in [0.717, 1.165) is 28.2 Å². The molecule has 2 heteroatoms. The fourth-order valence-corrected chi connectivity index (χ4v) is 6.69. The van der Waals surface area contributed by atoms with Crippen LogP contribution in [0.1, 0.15) is 0 Å². The first-order valence-corrected chi connectivity index (χ1v) is 14.1. The molecule has 8 aromatic rings. The minimum Gasteiger partial charge on any atom is -0.309 e. The van der Waals surface area contributed by atoms with Gasteiger partial charge in [0.05, 0.1) is 22.4 Å². The van der Waals surface area contributed by atoms with Gasteiger partial charge in [-0.05, 0) is 75.5 Å². The van der Waals surface area contributed by atoms with Crippen LogP contribution in [0.5, 0.6) is 0 Å². The zero-order chi connectivity index (χ0) is 26.9. The lowest BCUT2D eigenvalue weighted by molar-refractivity contribution is 1.18. The van der Waals surface area contributed by atoms with Crippen LogP contribution >= 0.6 is 0 Å². The van der Waals surface area contributed by atoms with Crippen LogP contribution in [0.3, 0.4) is 0 Å². The molecule has 0 N–H and O–H groups in total. The predicted molar refractivity (Wildman–Crippen MR) is 171 cm³/mol. The molecule has 41 heavy (non-hydrogen) atoms. The Hall–Kier alpha value is -5.47. The molecule has 0 amide bonds. The van der Waals surface area contributed by atoms with E-state index in [9.17, 15) is 0 Å². The van der Waals surface area contributed by atoms with Gasteiger partial charge >= 0.3 is 0 Å². The Morgan fingerprint density at radius 2 is 1.07 bits per heavy atom. The van der Waals surface area contributed by atoms with Crippen LogP contribution < -0.4 is 0 Å². The number of rotatable bonds is 3. The molecule has 2 aromatic heterocycles. The third-order valence-electron chi connectivity index (χ3n) is 8.53. The smallest absolute Gasteiger partial charge is 0.0710 e. The molecule has 1 aliphatic rings. The average Bonchev–Trinajstić information content (AvgIpc) is 3.55. The number of pyridine rings is 1. The molecule has 0 spiro atoms. The maximum atomic E-state index is 5.19. The molecule has 1 aliphatic carbocycles. The van der Waals surface area contributed by atoms with Gasteiger partial charge in [-0.3, -0.25) is 0 Å². The standard InChI is InChI=1S/C39H24N2/c1-2-11-28(12-3-1)41-37-18-5-4-13-30(37)31-22-20-27(24-38(31)41)36-17-8-16-35(40-36)26-19-21-29-32-14-6-9-25-10-7-15-33(39(25)32)34(29)23-26/h1-24H. The summed E-state index contributed by atoms with van der Waals surface area (Å²) in [4.78, 5) is 5.19. The lowest BCUT2D eigenvalue weighted by Crippen LogP contribution is -1.94. The number of fused-ring (bicyclic) bond motifs is 6. The first kappa shape index (κ1) is 22.4. The van der Waals surface area contributed by atoms with Crippen molar-refractivity contribution in [2.24, 2.45) is 0 Å². The lowest BCUT2D eigenvalue weighted by atomic mass is 9.99. The molecule has 0 saturated carbocycles. The van der Waals surface area contributed by atoms with Gasteiger partial charge in [-0.1, -0.05) is 103 Å². The SMILES string of the molecule is c1ccc(-n2c3ccccc3c3ccc(-c4cccc(-c5ccc6c(c5)-c5cccc7cccc-6c57)n4)cc32)cc1. The summed E-state index contributed by atoms with van der Waals surface area (Å²) in [5, 5.41) is 5.15. The van der Waals surface area contributed by atoms with E-state index in [1.165, 1.54) is 54.8 Å². The van der Waals surface area contributed by atoms with E-state index in [1.54, 1.807) is 0 Å². The van der Waals surface area contributed by atoms with Gasteiger partial charge in [-0.2, -0.15) is 0 Å². The number of hydrogen-bond acceptors (Lipinski definition) is 1. The molecule has 6 aromatic carbocycles. The van der Waals surface area contributed by atoms with Gasteiger partial charge in [0.1, 0.15) is 0 Å². The molecule has 0 radical (unpaired) electrons. The van der Waals surface area contributed by atoms with Crippen molar-refractivity contribution in [3.8, 4) is 50.5 Å². The molecule has 0 bridgehead atoms. The zero-order valence-corrected chi connectivity index (χ0v) is 22.3. The Morgan fingerprint density at radius 1 is 0.415 bits per heavy atom. The second-order valence-corrected chi connectivity index (χ2v) is 10.8. The fourth-order valence-electron chi connectivity index (χ4n) is 6.69. The maximum Gasteiger partial charge on any atom is 0.0710 e. The first-order valence-electron chi connectivity index (χ1n) is 14.1. The Morgan fingerprint density at radius 3 is 1.90 bits per heavy atom. The van der Waals surface area contributed by atoms with Crippen molar-refractivity contribution in [3.05, 3.63) is 146 Å². The molecular formula is C39H24N2. The number of para-hydroxylation sites is 2. The molecule has 0 fully saturated rings. The van der Waals surface area contributed by atoms with Crippen LogP contribution in [0, 0.1) is 0 Å². The molecule has 2 nitrogen and oxygen atoms in total. The molecule has 190 valence electrons. The first-order chi connectivity index (χ1) is 20.3. The molecule has 9 rings (SSSR count). The van der Waals surface area contributed by atoms with E-state index in [-0.39, 0.29) is 0 Å². The summed E-state index contributed by atoms with van der Waals surface area (Å²) < 4.78 is 2.36. The van der Waals surface area contributed by atoms with Gasteiger partial charge in [0.15, 0.2) is 0 Å². The van der Waals surface area contributed by atoms with Crippen molar-refractivity contribution in [3.63, 3.8) is 0 Å². The van der Waals surface area contributed by atoms with E-state index < -0.39 is 0 Å². The van der Waals surface area contributed by atoms with E-state index in [2.05, 4.69) is 150 Å². The van der Waals surface area contributed by atoms with Crippen LogP contribution in [0.2, 0.25) is 0 Å². The Balaban J connectivity index is 1.19. The van der Waals surface area contributed by atoms with Crippen molar-refractivity contribution in [2.75, 3.05) is 0 Å². The molecule has 0 atom stereocenters. The topological polar surface area (TPSA) is 17.8 Å². The van der Waals surface area contributed by atoms with Crippen LogP contribution in [-0.4, -0.2) is 9.55 Å². The fraction of sp³-hybridized carbons (Fsp3) is 0.